The van der Waals surface area contributed by atoms with Crippen LogP contribution in [-0.2, 0) is 6.54 Å². The summed E-state index contributed by atoms with van der Waals surface area (Å²) in [6.45, 7) is 6.86. The Balaban J connectivity index is 2.64. The molecule has 0 aliphatic heterocycles. The highest BCUT2D eigenvalue weighted by Crippen LogP contribution is 2.29. The van der Waals surface area contributed by atoms with E-state index in [4.69, 9.17) is 5.73 Å². The number of nitrogens with two attached hydrogens (primary N) is 1. The number of aryl methyl sites for hydroxylation is 3. The fraction of sp³-hybridized carbons (Fsp3) is 0.308. The van der Waals surface area contributed by atoms with Crippen LogP contribution in [0.2, 0.25) is 0 Å². The molecule has 2 rings (SSSR count). The van der Waals surface area contributed by atoms with Gasteiger partial charge in [0.25, 0.3) is 0 Å². The maximum atomic E-state index is 5.69. The van der Waals surface area contributed by atoms with E-state index in [1.807, 2.05) is 6.20 Å². The predicted octanol–water partition coefficient (Wildman–Crippen LogP) is 2.46. The molecule has 84 valence electrons. The summed E-state index contributed by atoms with van der Waals surface area (Å²) in [5.41, 5.74) is 12.9. The molecule has 0 fully saturated rings. The molecule has 3 N–H and O–H groups in total. The molecular formula is C13H17N3. The van der Waals surface area contributed by atoms with Gasteiger partial charge in [0.1, 0.15) is 0 Å². The molecule has 0 radical (unpaired) electrons. The minimum Gasteiger partial charge on any atom is -0.325 e. The number of benzene rings is 1. The van der Waals surface area contributed by atoms with E-state index < -0.39 is 0 Å². The molecule has 1 aromatic carbocycles. The summed E-state index contributed by atoms with van der Waals surface area (Å²) in [4.78, 5) is 0. The normalized spacial score (nSPS) is 10.8. The number of aromatic amines is 1. The zero-order valence-corrected chi connectivity index (χ0v) is 9.96. The van der Waals surface area contributed by atoms with Gasteiger partial charge in [0.15, 0.2) is 0 Å². The second-order valence-corrected chi connectivity index (χ2v) is 4.24. The average molecular weight is 215 g/mol. The van der Waals surface area contributed by atoms with Crippen molar-refractivity contribution in [2.45, 2.75) is 27.3 Å². The summed E-state index contributed by atoms with van der Waals surface area (Å²) < 4.78 is 0. The quantitative estimate of drug-likeness (QED) is 0.808. The Bertz CT molecular complexity index is 489. The van der Waals surface area contributed by atoms with Crippen molar-refractivity contribution in [2.24, 2.45) is 5.73 Å². The van der Waals surface area contributed by atoms with Gasteiger partial charge in [-0.1, -0.05) is 17.7 Å². The predicted molar refractivity (Wildman–Crippen MR) is 66.1 cm³/mol. The van der Waals surface area contributed by atoms with Crippen LogP contribution in [0.4, 0.5) is 0 Å². The molecule has 0 aliphatic rings. The van der Waals surface area contributed by atoms with Crippen LogP contribution in [0.5, 0.6) is 0 Å². The molecule has 0 spiro atoms. The standard InChI is InChI=1S/C13H17N3/c1-8-4-9(2)13(10(3)5-8)11-7-15-16-12(11)6-14/h4-5,7H,6,14H2,1-3H3,(H,15,16). The van der Waals surface area contributed by atoms with Gasteiger partial charge >= 0.3 is 0 Å². The highest BCUT2D eigenvalue weighted by molar-refractivity contribution is 5.72. The fourth-order valence-electron chi connectivity index (χ4n) is 2.29. The number of hydrogen-bond acceptors (Lipinski definition) is 2. The zero-order valence-electron chi connectivity index (χ0n) is 9.96. The van der Waals surface area contributed by atoms with E-state index in [1.54, 1.807) is 0 Å². The molecule has 0 bridgehead atoms. The molecular weight excluding hydrogens is 198 g/mol. The lowest BCUT2D eigenvalue weighted by Gasteiger charge is -2.11. The van der Waals surface area contributed by atoms with Gasteiger partial charge in [-0.2, -0.15) is 5.10 Å². The minimum absolute atomic E-state index is 0.488. The molecule has 0 atom stereocenters. The maximum Gasteiger partial charge on any atom is 0.0569 e. The van der Waals surface area contributed by atoms with Gasteiger partial charge in [0, 0.05) is 12.1 Å². The topological polar surface area (TPSA) is 54.7 Å². The lowest BCUT2D eigenvalue weighted by molar-refractivity contribution is 0.948. The Kier molecular flexibility index (Phi) is 2.79. The van der Waals surface area contributed by atoms with Crippen LogP contribution in [0.15, 0.2) is 18.3 Å². The number of hydrogen-bond donors (Lipinski definition) is 2. The van der Waals surface area contributed by atoms with Crippen LogP contribution in [0.1, 0.15) is 22.4 Å². The van der Waals surface area contributed by atoms with E-state index >= 15 is 0 Å². The Morgan fingerprint density at radius 1 is 1.19 bits per heavy atom. The SMILES string of the molecule is Cc1cc(C)c(-c2cn[nH]c2CN)c(C)c1. The van der Waals surface area contributed by atoms with Gasteiger partial charge in [0.05, 0.1) is 11.9 Å². The number of nitrogens with zero attached hydrogens (tertiary/aromatic N) is 1. The molecule has 1 heterocycles. The summed E-state index contributed by atoms with van der Waals surface area (Å²) in [5, 5.41) is 7.02. The van der Waals surface area contributed by atoms with E-state index in [-0.39, 0.29) is 0 Å². The van der Waals surface area contributed by atoms with Gasteiger partial charge in [-0.25, -0.2) is 0 Å². The zero-order chi connectivity index (χ0) is 11.7. The summed E-state index contributed by atoms with van der Waals surface area (Å²) in [5.74, 6) is 0. The average Bonchev–Trinajstić information content (AvgIpc) is 2.64. The van der Waals surface area contributed by atoms with Crippen molar-refractivity contribution in [3.05, 3.63) is 40.7 Å². The van der Waals surface area contributed by atoms with Crippen molar-refractivity contribution < 1.29 is 0 Å². The van der Waals surface area contributed by atoms with E-state index in [0.717, 1.165) is 11.3 Å². The van der Waals surface area contributed by atoms with Gasteiger partial charge in [0.2, 0.25) is 0 Å². The lowest BCUT2D eigenvalue weighted by Crippen LogP contribution is -2.00. The van der Waals surface area contributed by atoms with Crippen LogP contribution in [0, 0.1) is 20.8 Å². The molecule has 2 aromatic rings. The Hall–Kier alpha value is -1.61. The summed E-state index contributed by atoms with van der Waals surface area (Å²) in [7, 11) is 0. The smallest absolute Gasteiger partial charge is 0.0569 e. The second kappa shape index (κ2) is 4.10. The molecule has 3 heteroatoms. The third-order valence-electron chi connectivity index (χ3n) is 2.87. The van der Waals surface area contributed by atoms with E-state index in [0.29, 0.717) is 6.54 Å². The molecule has 3 nitrogen and oxygen atoms in total. The van der Waals surface area contributed by atoms with Crippen molar-refractivity contribution in [1.82, 2.24) is 10.2 Å². The van der Waals surface area contributed by atoms with Gasteiger partial charge in [-0.05, 0) is 37.5 Å². The monoisotopic (exact) mass is 215 g/mol. The van der Waals surface area contributed by atoms with Crippen LogP contribution in [-0.4, -0.2) is 10.2 Å². The lowest BCUT2D eigenvalue weighted by atomic mass is 9.94. The third kappa shape index (κ3) is 1.74. The number of rotatable bonds is 2. The van der Waals surface area contributed by atoms with Gasteiger partial charge in [-0.3, -0.25) is 5.10 Å². The molecule has 16 heavy (non-hydrogen) atoms. The van der Waals surface area contributed by atoms with E-state index in [9.17, 15) is 0 Å². The molecule has 0 amide bonds. The largest absolute Gasteiger partial charge is 0.325 e. The first-order chi connectivity index (χ1) is 7.63. The van der Waals surface area contributed by atoms with Gasteiger partial charge in [-0.15, -0.1) is 0 Å². The van der Waals surface area contributed by atoms with Crippen molar-refractivity contribution in [3.8, 4) is 11.1 Å². The van der Waals surface area contributed by atoms with E-state index in [2.05, 4.69) is 43.1 Å². The fourth-order valence-corrected chi connectivity index (χ4v) is 2.29. The highest BCUT2D eigenvalue weighted by Gasteiger charge is 2.11. The Morgan fingerprint density at radius 3 is 2.38 bits per heavy atom. The molecule has 0 aliphatic carbocycles. The molecule has 0 saturated heterocycles. The molecule has 1 aromatic heterocycles. The van der Waals surface area contributed by atoms with Crippen LogP contribution in [0.3, 0.4) is 0 Å². The number of aromatic nitrogens is 2. The first kappa shape index (κ1) is 10.9. The molecule has 0 saturated carbocycles. The van der Waals surface area contributed by atoms with Crippen molar-refractivity contribution in [3.63, 3.8) is 0 Å². The summed E-state index contributed by atoms with van der Waals surface area (Å²) in [6, 6.07) is 4.38. The highest BCUT2D eigenvalue weighted by atomic mass is 15.1. The van der Waals surface area contributed by atoms with Crippen LogP contribution < -0.4 is 5.73 Å². The number of H-pyrrole nitrogens is 1. The minimum atomic E-state index is 0.488. The third-order valence-corrected chi connectivity index (χ3v) is 2.87. The van der Waals surface area contributed by atoms with Crippen molar-refractivity contribution in [1.29, 1.82) is 0 Å². The number of nitrogens with one attached hydrogen (secondary N) is 1. The summed E-state index contributed by atoms with van der Waals surface area (Å²) >= 11 is 0. The Morgan fingerprint density at radius 2 is 1.81 bits per heavy atom. The van der Waals surface area contributed by atoms with Gasteiger partial charge < -0.3 is 5.73 Å². The molecule has 0 unspecified atom stereocenters. The first-order valence-electron chi connectivity index (χ1n) is 5.44. The second-order valence-electron chi connectivity index (χ2n) is 4.24. The first-order valence-corrected chi connectivity index (χ1v) is 5.44. The summed E-state index contributed by atoms with van der Waals surface area (Å²) in [6.07, 6.45) is 1.85. The van der Waals surface area contributed by atoms with Crippen molar-refractivity contribution in [2.75, 3.05) is 0 Å². The van der Waals surface area contributed by atoms with Crippen LogP contribution in [0.25, 0.3) is 11.1 Å². The van der Waals surface area contributed by atoms with Crippen LogP contribution >= 0.6 is 0 Å². The Labute approximate surface area is 95.7 Å². The van der Waals surface area contributed by atoms with Crippen molar-refractivity contribution >= 4 is 0 Å². The maximum absolute atomic E-state index is 5.69. The van der Waals surface area contributed by atoms with E-state index in [1.165, 1.54) is 22.3 Å².